The van der Waals surface area contributed by atoms with Gasteiger partial charge in [0.1, 0.15) is 5.69 Å². The maximum atomic E-state index is 13.6. The van der Waals surface area contributed by atoms with Gasteiger partial charge >= 0.3 is 12.6 Å². The number of halogens is 2. The number of amides is 3. The number of ether oxygens (including phenoxy) is 1. The summed E-state index contributed by atoms with van der Waals surface area (Å²) in [5, 5.41) is 2.70. The van der Waals surface area contributed by atoms with Crippen molar-refractivity contribution in [1.29, 1.82) is 0 Å². The number of anilines is 2. The monoisotopic (exact) mass is 461 g/mol. The summed E-state index contributed by atoms with van der Waals surface area (Å²) in [6.45, 7) is 5.17. The highest BCUT2D eigenvalue weighted by atomic mass is 19.3. The summed E-state index contributed by atoms with van der Waals surface area (Å²) < 4.78 is 30.3. The molecule has 1 aliphatic heterocycles. The summed E-state index contributed by atoms with van der Waals surface area (Å²) in [6.07, 6.45) is 4.46. The lowest BCUT2D eigenvalue weighted by atomic mass is 9.98. The Labute approximate surface area is 192 Å². The first-order valence-electron chi connectivity index (χ1n) is 10.9. The standard InChI is InChI=1S/C23H29F2N5O3/c1-14(2)18-7-10-26-13-20(18)30(17-8-11-29(12-9-17)16(4)31)23(32)28-19-6-5-15(3)27-21(19)33-22(24)25/h5-7,10,13-14,17,22H,8-9,11-12H2,1-4H3,(H,28,32). The summed E-state index contributed by atoms with van der Waals surface area (Å²) in [4.78, 5) is 36.9. The van der Waals surface area contributed by atoms with Crippen molar-refractivity contribution in [1.82, 2.24) is 14.9 Å². The van der Waals surface area contributed by atoms with Crippen LogP contribution in [0.5, 0.6) is 5.88 Å². The van der Waals surface area contributed by atoms with Crippen LogP contribution in [0.4, 0.5) is 25.0 Å². The van der Waals surface area contributed by atoms with Gasteiger partial charge in [0.25, 0.3) is 0 Å². The van der Waals surface area contributed by atoms with Gasteiger partial charge in [-0.15, -0.1) is 0 Å². The Bertz CT molecular complexity index is 994. The quantitative estimate of drug-likeness (QED) is 0.682. The van der Waals surface area contributed by atoms with Crippen molar-refractivity contribution >= 4 is 23.3 Å². The van der Waals surface area contributed by atoms with E-state index in [1.807, 2.05) is 19.9 Å². The number of aromatic nitrogens is 2. The molecular weight excluding hydrogens is 432 g/mol. The van der Waals surface area contributed by atoms with E-state index < -0.39 is 12.6 Å². The molecule has 0 bridgehead atoms. The van der Waals surface area contributed by atoms with Gasteiger partial charge in [-0.25, -0.2) is 9.78 Å². The predicted octanol–water partition coefficient (Wildman–Crippen LogP) is 4.56. The second-order valence-electron chi connectivity index (χ2n) is 8.31. The number of urea groups is 1. The van der Waals surface area contributed by atoms with Crippen LogP contribution >= 0.6 is 0 Å². The highest BCUT2D eigenvalue weighted by Gasteiger charge is 2.32. The highest BCUT2D eigenvalue weighted by Crippen LogP contribution is 2.32. The van der Waals surface area contributed by atoms with E-state index in [4.69, 9.17) is 0 Å². The number of nitrogens with one attached hydrogen (secondary N) is 1. The number of carbonyl (C=O) groups is 2. The zero-order chi connectivity index (χ0) is 24.1. The van der Waals surface area contributed by atoms with Crippen LogP contribution in [0.15, 0.2) is 30.6 Å². The summed E-state index contributed by atoms with van der Waals surface area (Å²) in [5.74, 6) is -0.234. The molecule has 2 aromatic rings. The van der Waals surface area contributed by atoms with Gasteiger partial charge in [-0.2, -0.15) is 8.78 Å². The average Bonchev–Trinajstić information content (AvgIpc) is 2.76. The number of pyridine rings is 2. The van der Waals surface area contributed by atoms with E-state index in [1.165, 1.54) is 13.0 Å². The van der Waals surface area contributed by atoms with Crippen LogP contribution in [0.3, 0.4) is 0 Å². The van der Waals surface area contributed by atoms with Gasteiger partial charge in [-0.1, -0.05) is 13.8 Å². The average molecular weight is 462 g/mol. The Morgan fingerprint density at radius 3 is 2.52 bits per heavy atom. The Morgan fingerprint density at radius 1 is 1.21 bits per heavy atom. The Kier molecular flexibility index (Phi) is 7.78. The lowest BCUT2D eigenvalue weighted by Gasteiger charge is -2.39. The number of likely N-dealkylation sites (tertiary alicyclic amines) is 1. The van der Waals surface area contributed by atoms with Crippen LogP contribution < -0.4 is 15.0 Å². The Hall–Kier alpha value is -3.30. The number of piperidine rings is 1. The van der Waals surface area contributed by atoms with E-state index in [9.17, 15) is 18.4 Å². The first kappa shape index (κ1) is 24.3. The smallest absolute Gasteiger partial charge is 0.388 e. The molecule has 10 heteroatoms. The minimum atomic E-state index is -3.08. The zero-order valence-electron chi connectivity index (χ0n) is 19.2. The second kappa shape index (κ2) is 10.5. The molecule has 1 N–H and O–H groups in total. The number of nitrogens with zero attached hydrogens (tertiary/aromatic N) is 4. The summed E-state index contributed by atoms with van der Waals surface area (Å²) >= 11 is 0. The fraction of sp³-hybridized carbons (Fsp3) is 0.478. The molecule has 3 rings (SSSR count). The predicted molar refractivity (Wildman–Crippen MR) is 121 cm³/mol. The molecule has 0 spiro atoms. The topological polar surface area (TPSA) is 87.7 Å². The van der Waals surface area contributed by atoms with Gasteiger partial charge < -0.3 is 15.0 Å². The van der Waals surface area contributed by atoms with Crippen molar-refractivity contribution in [2.45, 2.75) is 59.1 Å². The molecule has 0 unspecified atom stereocenters. The third-order valence-corrected chi connectivity index (χ3v) is 5.65. The maximum absolute atomic E-state index is 13.6. The molecule has 3 amide bonds. The Morgan fingerprint density at radius 2 is 1.91 bits per heavy atom. The van der Waals surface area contributed by atoms with Crippen LogP contribution in [-0.2, 0) is 4.79 Å². The van der Waals surface area contributed by atoms with Crippen LogP contribution in [0.1, 0.15) is 50.8 Å². The largest absolute Gasteiger partial charge is 0.415 e. The van der Waals surface area contributed by atoms with Crippen LogP contribution in [0, 0.1) is 6.92 Å². The summed E-state index contributed by atoms with van der Waals surface area (Å²) in [5.41, 5.74) is 2.10. The number of aryl methyl sites for hydroxylation is 1. The third kappa shape index (κ3) is 5.94. The molecule has 3 heterocycles. The van der Waals surface area contributed by atoms with Crippen LogP contribution in [0.2, 0.25) is 0 Å². The van der Waals surface area contributed by atoms with Crippen molar-refractivity contribution in [2.75, 3.05) is 23.3 Å². The molecular formula is C23H29F2N5O3. The minimum absolute atomic E-state index is 0.00628. The van der Waals surface area contributed by atoms with E-state index in [-0.39, 0.29) is 29.4 Å². The lowest BCUT2D eigenvalue weighted by molar-refractivity contribution is -0.129. The molecule has 1 saturated heterocycles. The minimum Gasteiger partial charge on any atom is -0.415 e. The van der Waals surface area contributed by atoms with E-state index >= 15 is 0 Å². The van der Waals surface area contributed by atoms with Gasteiger partial charge in [0.2, 0.25) is 11.8 Å². The fourth-order valence-corrected chi connectivity index (χ4v) is 3.97. The summed E-state index contributed by atoms with van der Waals surface area (Å²) in [7, 11) is 0. The maximum Gasteiger partial charge on any atom is 0.388 e. The molecule has 8 nitrogen and oxygen atoms in total. The van der Waals surface area contributed by atoms with E-state index in [2.05, 4.69) is 20.0 Å². The van der Waals surface area contributed by atoms with Crippen molar-refractivity contribution in [3.8, 4) is 5.88 Å². The van der Waals surface area contributed by atoms with Crippen LogP contribution in [-0.4, -0.2) is 52.5 Å². The molecule has 178 valence electrons. The Balaban J connectivity index is 1.95. The molecule has 33 heavy (non-hydrogen) atoms. The zero-order valence-corrected chi connectivity index (χ0v) is 19.2. The second-order valence-corrected chi connectivity index (χ2v) is 8.31. The number of rotatable bonds is 6. The molecule has 2 aromatic heterocycles. The van der Waals surface area contributed by atoms with Gasteiger partial charge in [0.05, 0.1) is 11.9 Å². The molecule has 0 radical (unpaired) electrons. The molecule has 1 aliphatic rings. The summed E-state index contributed by atoms with van der Waals surface area (Å²) in [6, 6.07) is 4.24. The van der Waals surface area contributed by atoms with Gasteiger partial charge in [-0.3, -0.25) is 14.7 Å². The van der Waals surface area contributed by atoms with Crippen molar-refractivity contribution < 1.29 is 23.1 Å². The number of alkyl halides is 2. The van der Waals surface area contributed by atoms with Gasteiger partial charge in [0, 0.05) is 37.9 Å². The SMILES string of the molecule is CC(=O)N1CCC(N(C(=O)Nc2ccc(C)nc2OC(F)F)c2cnccc2C(C)C)CC1. The highest BCUT2D eigenvalue weighted by molar-refractivity contribution is 6.03. The first-order valence-corrected chi connectivity index (χ1v) is 10.9. The molecule has 0 aromatic carbocycles. The van der Waals surface area contributed by atoms with Gasteiger partial charge in [-0.05, 0) is 49.4 Å². The third-order valence-electron chi connectivity index (χ3n) is 5.65. The normalized spacial score (nSPS) is 14.5. The van der Waals surface area contributed by atoms with Gasteiger partial charge in [0.15, 0.2) is 0 Å². The van der Waals surface area contributed by atoms with E-state index in [1.54, 1.807) is 35.2 Å². The number of carbonyl (C=O) groups excluding carboxylic acids is 2. The molecule has 0 saturated carbocycles. The van der Waals surface area contributed by atoms with E-state index in [0.29, 0.717) is 37.3 Å². The van der Waals surface area contributed by atoms with E-state index in [0.717, 1.165) is 5.56 Å². The van der Waals surface area contributed by atoms with Crippen LogP contribution in [0.25, 0.3) is 0 Å². The number of hydrogen-bond acceptors (Lipinski definition) is 5. The van der Waals surface area contributed by atoms with Crippen molar-refractivity contribution in [3.63, 3.8) is 0 Å². The molecule has 0 aliphatic carbocycles. The fourth-order valence-electron chi connectivity index (χ4n) is 3.97. The lowest BCUT2D eigenvalue weighted by Crippen LogP contribution is -2.50. The van der Waals surface area contributed by atoms with Crippen molar-refractivity contribution in [3.05, 3.63) is 41.9 Å². The molecule has 0 atom stereocenters. The molecule has 1 fully saturated rings. The first-order chi connectivity index (χ1) is 15.7. The number of hydrogen-bond donors (Lipinski definition) is 1. The van der Waals surface area contributed by atoms with Crippen molar-refractivity contribution in [2.24, 2.45) is 0 Å².